The number of ketones is 8. The van der Waals surface area contributed by atoms with E-state index in [1.807, 2.05) is 0 Å². The lowest BCUT2D eigenvalue weighted by Gasteiger charge is -2.30. The number of Topliss-reactive ketones (excluding diaryl/α,β-unsaturated/α-hetero) is 8. The lowest BCUT2D eigenvalue weighted by atomic mass is 9.70. The van der Waals surface area contributed by atoms with E-state index in [9.17, 15) is 58.8 Å². The summed E-state index contributed by atoms with van der Waals surface area (Å²) in [6.45, 7) is 0. The average Bonchev–Trinajstić information content (AvgIpc) is 3.27. The first-order chi connectivity index (χ1) is 28.8. The highest BCUT2D eigenvalue weighted by molar-refractivity contribution is 6.56. The minimum atomic E-state index is -1.79. The highest BCUT2D eigenvalue weighted by atomic mass is 16.3. The van der Waals surface area contributed by atoms with Crippen LogP contribution in [0.1, 0.15) is 86.6 Å². The number of aliphatic hydroxyl groups excluding tert-OH is 4. The number of benzene rings is 5. The number of carbonyl (C=O) groups excluding carboxylic acids is 8. The minimum Gasteiger partial charge on any atom is -0.507 e. The van der Waals surface area contributed by atoms with Crippen LogP contribution in [0.3, 0.4) is 0 Å². The molecule has 290 valence electrons. The van der Waals surface area contributed by atoms with Gasteiger partial charge in [-0.2, -0.15) is 0 Å². The van der Waals surface area contributed by atoms with E-state index in [-0.39, 0.29) is 55.6 Å². The second-order valence-corrected chi connectivity index (χ2v) is 14.4. The third-order valence-corrected chi connectivity index (χ3v) is 11.3. The molecular weight excluding hydrogens is 769 g/mol. The van der Waals surface area contributed by atoms with Crippen molar-refractivity contribution >= 4 is 69.3 Å². The van der Waals surface area contributed by atoms with Crippen molar-refractivity contribution in [2.24, 2.45) is 0 Å². The topological polar surface area (TPSA) is 217 Å². The lowest BCUT2D eigenvalue weighted by Crippen LogP contribution is -2.34. The zero-order valence-electron chi connectivity index (χ0n) is 30.8. The summed E-state index contributed by atoms with van der Waals surface area (Å²) in [6.07, 6.45) is 0. The van der Waals surface area contributed by atoms with E-state index in [1.165, 1.54) is 121 Å². The molecule has 12 nitrogen and oxygen atoms in total. The van der Waals surface area contributed by atoms with E-state index in [0.29, 0.717) is 0 Å². The SMILES string of the molecule is O=C1C(=O)c2ccccc2C(O)=C1C(C1=C(O)c2ccccc2C(=O)C1=O)c1ccc(C(C2=C(O)c3ccccc3C(=O)C2=O)C2=C(O)c3ccccc3C(=O)C2=O)cc1. The largest absolute Gasteiger partial charge is 0.507 e. The Balaban J connectivity index is 1.30. The number of rotatable bonds is 6. The number of hydrogen-bond acceptors (Lipinski definition) is 12. The van der Waals surface area contributed by atoms with Crippen molar-refractivity contribution in [2.45, 2.75) is 11.8 Å². The third kappa shape index (κ3) is 5.24. The summed E-state index contributed by atoms with van der Waals surface area (Å²) in [6, 6.07) is 27.8. The van der Waals surface area contributed by atoms with Gasteiger partial charge in [0.25, 0.3) is 0 Å². The van der Waals surface area contributed by atoms with Gasteiger partial charge in [-0.25, -0.2) is 0 Å². The second kappa shape index (κ2) is 13.6. The van der Waals surface area contributed by atoms with E-state index in [4.69, 9.17) is 0 Å². The highest BCUT2D eigenvalue weighted by Gasteiger charge is 2.47. The van der Waals surface area contributed by atoms with Crippen molar-refractivity contribution in [3.63, 3.8) is 0 Å². The Morgan fingerprint density at radius 3 is 0.633 bits per heavy atom. The number of aliphatic hydroxyl groups is 4. The Bertz CT molecular complexity index is 2670. The normalized spacial score (nSPS) is 16.6. The predicted octanol–water partition coefficient (Wildman–Crippen LogP) is 6.79. The van der Waals surface area contributed by atoms with Gasteiger partial charge in [-0.15, -0.1) is 0 Å². The summed E-state index contributed by atoms with van der Waals surface area (Å²) in [5, 5.41) is 46.9. The maximum atomic E-state index is 14.0. The summed E-state index contributed by atoms with van der Waals surface area (Å²) in [4.78, 5) is 110. The smallest absolute Gasteiger partial charge is 0.234 e. The van der Waals surface area contributed by atoms with Crippen molar-refractivity contribution in [1.82, 2.24) is 0 Å². The van der Waals surface area contributed by atoms with Gasteiger partial charge in [0.2, 0.25) is 46.3 Å². The first kappa shape index (κ1) is 37.2. The highest BCUT2D eigenvalue weighted by Crippen LogP contribution is 2.48. The monoisotopic (exact) mass is 794 g/mol. The van der Waals surface area contributed by atoms with Crippen molar-refractivity contribution in [1.29, 1.82) is 0 Å². The molecule has 5 aromatic rings. The van der Waals surface area contributed by atoms with Gasteiger partial charge in [0, 0.05) is 56.3 Å². The fraction of sp³-hybridized carbons (Fsp3) is 0.0417. The van der Waals surface area contributed by atoms with E-state index < -0.39 is 103 Å². The number of allylic oxidation sites excluding steroid dienone is 4. The molecule has 0 heterocycles. The van der Waals surface area contributed by atoms with E-state index in [1.54, 1.807) is 0 Å². The molecule has 60 heavy (non-hydrogen) atoms. The van der Waals surface area contributed by atoms with Gasteiger partial charge in [0.15, 0.2) is 0 Å². The third-order valence-electron chi connectivity index (χ3n) is 11.3. The van der Waals surface area contributed by atoms with Crippen LogP contribution in [0.25, 0.3) is 23.0 Å². The molecule has 0 unspecified atom stereocenters. The zero-order chi connectivity index (χ0) is 42.3. The lowest BCUT2D eigenvalue weighted by molar-refractivity contribution is -0.113. The summed E-state index contributed by atoms with van der Waals surface area (Å²) < 4.78 is 0. The van der Waals surface area contributed by atoms with E-state index in [2.05, 4.69) is 0 Å². The Hall–Kier alpha value is -8.38. The quantitative estimate of drug-likeness (QED) is 0.131. The van der Waals surface area contributed by atoms with E-state index in [0.717, 1.165) is 0 Å². The summed E-state index contributed by atoms with van der Waals surface area (Å²) in [5.74, 6) is -15.5. The number of carbonyl (C=O) groups is 8. The molecule has 5 aromatic carbocycles. The molecule has 0 amide bonds. The van der Waals surface area contributed by atoms with Crippen molar-refractivity contribution in [3.05, 3.63) is 199 Å². The molecule has 9 rings (SSSR count). The van der Waals surface area contributed by atoms with Crippen LogP contribution >= 0.6 is 0 Å². The fourth-order valence-corrected chi connectivity index (χ4v) is 8.45. The average molecular weight is 795 g/mol. The van der Waals surface area contributed by atoms with Crippen LogP contribution in [0.15, 0.2) is 144 Å². The van der Waals surface area contributed by atoms with Crippen molar-refractivity contribution in [2.75, 3.05) is 0 Å². The molecule has 4 aliphatic carbocycles. The number of hydrogen-bond donors (Lipinski definition) is 4. The Labute approximate surface area is 338 Å². The molecule has 0 radical (unpaired) electrons. The molecule has 0 bridgehead atoms. The standard InChI is InChI=1S/C48H26O12/c49-37-23-9-1-5-13-27(23)41(53)45(57)33(37)31(34-38(50)24-10-2-6-14-28(24)42(54)46(34)58)21-17-19-22(20-18-21)32(35-39(51)25-11-3-7-15-29(25)43(55)47(35)59)36-40(52)26-12-4-8-16-30(26)44(56)48(36)60/h1-20,31-32,49-52H. The summed E-state index contributed by atoms with van der Waals surface area (Å²) in [5.41, 5.74) is -3.41. The van der Waals surface area contributed by atoms with Gasteiger partial charge < -0.3 is 20.4 Å². The van der Waals surface area contributed by atoms with E-state index >= 15 is 0 Å². The van der Waals surface area contributed by atoms with Crippen LogP contribution in [0, 0.1) is 0 Å². The maximum absolute atomic E-state index is 14.0. The molecule has 0 fully saturated rings. The van der Waals surface area contributed by atoms with Crippen LogP contribution in [0.4, 0.5) is 0 Å². The van der Waals surface area contributed by atoms with Gasteiger partial charge in [-0.1, -0.05) is 121 Å². The molecule has 12 heteroatoms. The van der Waals surface area contributed by atoms with Crippen LogP contribution in [0.5, 0.6) is 0 Å². The van der Waals surface area contributed by atoms with Gasteiger partial charge in [-0.05, 0) is 11.1 Å². The fourth-order valence-electron chi connectivity index (χ4n) is 8.45. The predicted molar refractivity (Wildman–Crippen MR) is 213 cm³/mol. The van der Waals surface area contributed by atoms with Crippen LogP contribution in [0.2, 0.25) is 0 Å². The molecule has 0 saturated heterocycles. The molecule has 0 aliphatic heterocycles. The van der Waals surface area contributed by atoms with Crippen LogP contribution in [-0.2, 0) is 19.2 Å². The molecule has 0 spiro atoms. The van der Waals surface area contributed by atoms with Crippen molar-refractivity contribution < 1.29 is 58.8 Å². The minimum absolute atomic E-state index is 0.0554. The first-order valence-corrected chi connectivity index (χ1v) is 18.4. The maximum Gasteiger partial charge on any atom is 0.234 e. The van der Waals surface area contributed by atoms with Gasteiger partial charge in [-0.3, -0.25) is 38.4 Å². The molecular formula is C48H26O12. The zero-order valence-corrected chi connectivity index (χ0v) is 30.8. The molecule has 0 aromatic heterocycles. The summed E-state index contributed by atoms with van der Waals surface area (Å²) >= 11 is 0. The molecule has 0 atom stereocenters. The van der Waals surface area contributed by atoms with Gasteiger partial charge in [0.1, 0.15) is 23.0 Å². The Kier molecular flexibility index (Phi) is 8.45. The Morgan fingerprint density at radius 1 is 0.250 bits per heavy atom. The second-order valence-electron chi connectivity index (χ2n) is 14.4. The Morgan fingerprint density at radius 2 is 0.433 bits per heavy atom. The first-order valence-electron chi connectivity index (χ1n) is 18.4. The van der Waals surface area contributed by atoms with Crippen LogP contribution in [-0.4, -0.2) is 66.7 Å². The van der Waals surface area contributed by atoms with Crippen molar-refractivity contribution in [3.8, 4) is 0 Å². The van der Waals surface area contributed by atoms with Gasteiger partial charge >= 0.3 is 0 Å². The number of fused-ring (bicyclic) bond motifs is 4. The molecule has 4 N–H and O–H groups in total. The van der Waals surface area contributed by atoms with Gasteiger partial charge in [0.05, 0.1) is 22.3 Å². The molecule has 0 saturated carbocycles. The molecule has 4 aliphatic rings. The summed E-state index contributed by atoms with van der Waals surface area (Å²) in [7, 11) is 0. The van der Waals surface area contributed by atoms with Crippen LogP contribution < -0.4 is 0 Å².